The number of ether oxygens (including phenoxy) is 1. The Bertz CT molecular complexity index is 933. The van der Waals surface area contributed by atoms with Gasteiger partial charge in [-0.3, -0.25) is 9.59 Å². The SMILES string of the molecule is CC[C@@H](C)NC(=O)[C@H](CC)N(Cc1ccccc1C)C(=O)COc1ccccc1C(C)(C)C. The molecule has 0 aromatic heterocycles. The Morgan fingerprint density at radius 3 is 2.24 bits per heavy atom. The van der Waals surface area contributed by atoms with Crippen molar-refractivity contribution in [3.63, 3.8) is 0 Å². The molecular weight excluding hydrogens is 412 g/mol. The summed E-state index contributed by atoms with van der Waals surface area (Å²) in [6, 6.07) is 15.3. The number of carbonyl (C=O) groups excluding carboxylic acids is 2. The van der Waals surface area contributed by atoms with Crippen LogP contribution in [0.25, 0.3) is 0 Å². The van der Waals surface area contributed by atoms with Gasteiger partial charge in [0.05, 0.1) is 0 Å². The van der Waals surface area contributed by atoms with E-state index in [1.807, 2.05) is 76.2 Å². The zero-order valence-electron chi connectivity index (χ0n) is 21.3. The molecule has 1 N–H and O–H groups in total. The first kappa shape index (κ1) is 26.4. The second-order valence-electron chi connectivity index (χ2n) is 9.72. The second-order valence-corrected chi connectivity index (χ2v) is 9.72. The topological polar surface area (TPSA) is 58.6 Å². The third kappa shape index (κ3) is 7.34. The summed E-state index contributed by atoms with van der Waals surface area (Å²) in [4.78, 5) is 28.2. The largest absolute Gasteiger partial charge is 0.483 e. The number of amides is 2. The van der Waals surface area contributed by atoms with Gasteiger partial charge in [-0.2, -0.15) is 0 Å². The molecule has 2 rings (SSSR count). The number of benzene rings is 2. The van der Waals surface area contributed by atoms with Gasteiger partial charge in [0.1, 0.15) is 11.8 Å². The minimum atomic E-state index is -0.562. The van der Waals surface area contributed by atoms with Gasteiger partial charge in [-0.25, -0.2) is 0 Å². The van der Waals surface area contributed by atoms with E-state index in [1.165, 1.54) is 0 Å². The van der Waals surface area contributed by atoms with Crippen molar-refractivity contribution in [3.05, 3.63) is 65.2 Å². The third-order valence-electron chi connectivity index (χ3n) is 6.04. The monoisotopic (exact) mass is 452 g/mol. The Morgan fingerprint density at radius 1 is 1.00 bits per heavy atom. The van der Waals surface area contributed by atoms with Crippen molar-refractivity contribution in [2.45, 2.75) is 85.4 Å². The van der Waals surface area contributed by atoms with E-state index in [-0.39, 0.29) is 29.9 Å². The predicted molar refractivity (Wildman–Crippen MR) is 134 cm³/mol. The Balaban J connectivity index is 2.30. The van der Waals surface area contributed by atoms with Crippen molar-refractivity contribution >= 4 is 11.8 Å². The first-order valence-electron chi connectivity index (χ1n) is 11.9. The molecule has 0 aliphatic heterocycles. The number of aryl methyl sites for hydroxylation is 1. The summed E-state index contributed by atoms with van der Waals surface area (Å²) >= 11 is 0. The lowest BCUT2D eigenvalue weighted by molar-refractivity contribution is -0.143. The van der Waals surface area contributed by atoms with E-state index in [0.717, 1.165) is 23.1 Å². The van der Waals surface area contributed by atoms with Gasteiger partial charge in [0, 0.05) is 12.6 Å². The van der Waals surface area contributed by atoms with Crippen LogP contribution in [0.2, 0.25) is 0 Å². The average molecular weight is 453 g/mol. The average Bonchev–Trinajstić information content (AvgIpc) is 2.78. The van der Waals surface area contributed by atoms with Gasteiger partial charge in [0.25, 0.3) is 5.91 Å². The van der Waals surface area contributed by atoms with Crippen LogP contribution < -0.4 is 10.1 Å². The van der Waals surface area contributed by atoms with E-state index in [0.29, 0.717) is 18.7 Å². The van der Waals surface area contributed by atoms with Crippen LogP contribution in [0, 0.1) is 6.92 Å². The summed E-state index contributed by atoms with van der Waals surface area (Å²) in [7, 11) is 0. The van der Waals surface area contributed by atoms with E-state index in [9.17, 15) is 9.59 Å². The Hall–Kier alpha value is -2.82. The maximum absolute atomic E-state index is 13.5. The van der Waals surface area contributed by atoms with Crippen molar-refractivity contribution in [1.82, 2.24) is 10.2 Å². The Kier molecular flexibility index (Phi) is 9.51. The third-order valence-corrected chi connectivity index (χ3v) is 6.04. The number of hydrogen-bond donors (Lipinski definition) is 1. The molecule has 5 nitrogen and oxygen atoms in total. The number of hydrogen-bond acceptors (Lipinski definition) is 3. The van der Waals surface area contributed by atoms with Gasteiger partial charge < -0.3 is 15.0 Å². The number of para-hydroxylation sites is 1. The standard InChI is InChI=1S/C28H40N2O3/c1-8-21(4)29-27(32)24(9-2)30(18-22-15-11-10-14-20(22)3)26(31)19-33-25-17-13-12-16-23(25)28(5,6)7/h10-17,21,24H,8-9,18-19H2,1-7H3,(H,29,32)/t21-,24+/m1/s1. The summed E-state index contributed by atoms with van der Waals surface area (Å²) in [5.74, 6) is 0.378. The molecule has 0 bridgehead atoms. The lowest BCUT2D eigenvalue weighted by Gasteiger charge is -2.32. The smallest absolute Gasteiger partial charge is 0.261 e. The summed E-state index contributed by atoms with van der Waals surface area (Å²) in [6.45, 7) is 14.6. The fourth-order valence-electron chi connectivity index (χ4n) is 3.77. The quantitative estimate of drug-likeness (QED) is 0.526. The van der Waals surface area contributed by atoms with Crippen LogP contribution >= 0.6 is 0 Å². The predicted octanol–water partition coefficient (Wildman–Crippen LogP) is 5.39. The molecule has 0 saturated carbocycles. The molecule has 2 aromatic rings. The second kappa shape index (κ2) is 11.9. The molecule has 2 aromatic carbocycles. The Labute approximate surface area is 199 Å². The molecule has 33 heavy (non-hydrogen) atoms. The van der Waals surface area contributed by atoms with Crippen molar-refractivity contribution in [1.29, 1.82) is 0 Å². The van der Waals surface area contributed by atoms with Crippen molar-refractivity contribution in [2.75, 3.05) is 6.61 Å². The fourth-order valence-corrected chi connectivity index (χ4v) is 3.77. The molecule has 0 saturated heterocycles. The summed E-state index contributed by atoms with van der Waals surface area (Å²) in [5, 5.41) is 3.05. The van der Waals surface area contributed by atoms with Crippen LogP contribution in [0.3, 0.4) is 0 Å². The van der Waals surface area contributed by atoms with Crippen LogP contribution in [0.5, 0.6) is 5.75 Å². The van der Waals surface area contributed by atoms with Crippen LogP contribution in [-0.4, -0.2) is 35.4 Å². The van der Waals surface area contributed by atoms with Crippen molar-refractivity contribution in [2.24, 2.45) is 0 Å². The maximum atomic E-state index is 13.5. The van der Waals surface area contributed by atoms with Crippen molar-refractivity contribution < 1.29 is 14.3 Å². The lowest BCUT2D eigenvalue weighted by Crippen LogP contribution is -2.51. The normalized spacial score (nSPS) is 13.2. The molecule has 0 aliphatic carbocycles. The molecule has 0 radical (unpaired) electrons. The zero-order valence-corrected chi connectivity index (χ0v) is 21.3. The minimum Gasteiger partial charge on any atom is -0.483 e. The first-order chi connectivity index (χ1) is 15.6. The van der Waals surface area contributed by atoms with E-state index >= 15 is 0 Å². The summed E-state index contributed by atoms with van der Waals surface area (Å²) < 4.78 is 6.03. The molecule has 0 fully saturated rings. The highest BCUT2D eigenvalue weighted by atomic mass is 16.5. The van der Waals surface area contributed by atoms with Crippen LogP contribution in [-0.2, 0) is 21.5 Å². The van der Waals surface area contributed by atoms with Crippen LogP contribution in [0.4, 0.5) is 0 Å². The minimum absolute atomic E-state index is 0.0527. The van der Waals surface area contributed by atoms with E-state index in [2.05, 4.69) is 26.1 Å². The van der Waals surface area contributed by atoms with Crippen LogP contribution in [0.15, 0.2) is 48.5 Å². The number of nitrogens with one attached hydrogen (secondary N) is 1. The van der Waals surface area contributed by atoms with Gasteiger partial charge in [-0.05, 0) is 54.9 Å². The van der Waals surface area contributed by atoms with Gasteiger partial charge in [0.2, 0.25) is 5.91 Å². The first-order valence-corrected chi connectivity index (χ1v) is 11.9. The number of nitrogens with zero attached hydrogens (tertiary/aromatic N) is 1. The van der Waals surface area contributed by atoms with Gasteiger partial charge in [-0.1, -0.05) is 77.1 Å². The van der Waals surface area contributed by atoms with Gasteiger partial charge >= 0.3 is 0 Å². The summed E-state index contributed by atoms with van der Waals surface area (Å²) in [5.41, 5.74) is 3.05. The molecule has 0 aliphatic rings. The number of carbonyl (C=O) groups is 2. The van der Waals surface area contributed by atoms with E-state index in [1.54, 1.807) is 4.90 Å². The highest BCUT2D eigenvalue weighted by Gasteiger charge is 2.30. The molecule has 0 spiro atoms. The van der Waals surface area contributed by atoms with Crippen molar-refractivity contribution in [3.8, 4) is 5.75 Å². The van der Waals surface area contributed by atoms with Crippen LogP contribution in [0.1, 0.15) is 71.1 Å². The number of rotatable bonds is 10. The molecule has 0 unspecified atom stereocenters. The molecular formula is C28H40N2O3. The fraction of sp³-hybridized carbons (Fsp3) is 0.500. The molecule has 0 heterocycles. The van der Waals surface area contributed by atoms with Gasteiger partial charge in [-0.15, -0.1) is 0 Å². The molecule has 2 amide bonds. The molecule has 5 heteroatoms. The molecule has 180 valence electrons. The Morgan fingerprint density at radius 2 is 1.64 bits per heavy atom. The maximum Gasteiger partial charge on any atom is 0.261 e. The summed E-state index contributed by atoms with van der Waals surface area (Å²) in [6.07, 6.45) is 1.36. The highest BCUT2D eigenvalue weighted by Crippen LogP contribution is 2.31. The zero-order chi connectivity index (χ0) is 24.6. The van der Waals surface area contributed by atoms with Gasteiger partial charge in [0.15, 0.2) is 6.61 Å². The van der Waals surface area contributed by atoms with E-state index in [4.69, 9.17) is 4.74 Å². The molecule has 2 atom stereocenters. The lowest BCUT2D eigenvalue weighted by atomic mass is 9.86. The van der Waals surface area contributed by atoms with E-state index < -0.39 is 6.04 Å². The highest BCUT2D eigenvalue weighted by molar-refractivity contribution is 5.88.